The lowest BCUT2D eigenvalue weighted by atomic mass is 9.96. The Morgan fingerprint density at radius 3 is 2.38 bits per heavy atom. The number of carbonyl (C=O) groups excluding carboxylic acids is 1. The molecule has 0 saturated carbocycles. The lowest BCUT2D eigenvalue weighted by molar-refractivity contribution is -0.141. The molecular formula is C21H17ClF3N3O5S. The van der Waals surface area contributed by atoms with Crippen LogP contribution < -0.4 is 4.74 Å². The van der Waals surface area contributed by atoms with Gasteiger partial charge in [-0.1, -0.05) is 25.4 Å². The topological polar surface area (TPSA) is 102 Å². The highest BCUT2D eigenvalue weighted by molar-refractivity contribution is 7.90. The molecule has 1 N–H and O–H groups in total. The summed E-state index contributed by atoms with van der Waals surface area (Å²) in [5, 5.41) is 13.8. The molecule has 0 aliphatic carbocycles. The zero-order chi connectivity index (χ0) is 25.0. The molecule has 0 unspecified atom stereocenters. The Bertz CT molecular complexity index is 1390. The number of carbonyl (C=O) groups is 1. The maximum atomic E-state index is 13.3. The number of ether oxygens (including phenoxy) is 1. The molecule has 0 spiro atoms. The van der Waals surface area contributed by atoms with Crippen molar-refractivity contribution in [1.29, 1.82) is 0 Å². The normalized spacial score (nSPS) is 15.1. The fraction of sp³-hybridized carbons (Fsp3) is 0.238. The van der Waals surface area contributed by atoms with Crippen molar-refractivity contribution < 1.29 is 36.2 Å². The second-order valence-corrected chi connectivity index (χ2v) is 10.0. The maximum Gasteiger partial charge on any atom is 0.435 e. The third-order valence-corrected chi connectivity index (χ3v) is 7.10. The van der Waals surface area contributed by atoms with Crippen molar-refractivity contribution >= 4 is 27.5 Å². The minimum atomic E-state index is -4.80. The smallest absolute Gasteiger partial charge is 0.435 e. The molecule has 13 heteroatoms. The van der Waals surface area contributed by atoms with Gasteiger partial charge in [-0.25, -0.2) is 13.1 Å². The van der Waals surface area contributed by atoms with Crippen LogP contribution >= 0.6 is 11.6 Å². The lowest BCUT2D eigenvalue weighted by Gasteiger charge is -2.16. The molecule has 4 rings (SSSR count). The molecule has 1 amide bonds. The number of benzene rings is 2. The molecule has 2 heterocycles. The average Bonchev–Trinajstić information content (AvgIpc) is 3.25. The van der Waals surface area contributed by atoms with Crippen LogP contribution in [-0.2, 0) is 16.2 Å². The van der Waals surface area contributed by atoms with E-state index in [2.05, 4.69) is 5.10 Å². The number of halogens is 4. The highest BCUT2D eigenvalue weighted by Crippen LogP contribution is 2.39. The zero-order valence-corrected chi connectivity index (χ0v) is 19.2. The first kappa shape index (κ1) is 23.9. The summed E-state index contributed by atoms with van der Waals surface area (Å²) in [6.07, 6.45) is -4.80. The Labute approximate surface area is 197 Å². The standard InChI is InChI=1S/C21H17ClF3N3O5S/c1-11(2)15-7-14(29)8-16-19(15)20(30)27(34(16,31)32)10-33-18-9-17(21(23,24)25)26-28(18)13-5-3-12(22)4-6-13/h3-9,11,29H,10H2,1-2H3. The molecule has 1 aromatic heterocycles. The molecule has 180 valence electrons. The molecule has 1 aliphatic rings. The predicted molar refractivity (Wildman–Crippen MR) is 115 cm³/mol. The van der Waals surface area contributed by atoms with Crippen molar-refractivity contribution in [1.82, 2.24) is 14.1 Å². The number of hydrogen-bond acceptors (Lipinski definition) is 6. The molecule has 3 aromatic rings. The number of aromatic nitrogens is 2. The molecule has 0 radical (unpaired) electrons. The van der Waals surface area contributed by atoms with E-state index in [-0.39, 0.29) is 22.9 Å². The monoisotopic (exact) mass is 515 g/mol. The van der Waals surface area contributed by atoms with E-state index in [1.54, 1.807) is 13.8 Å². The highest BCUT2D eigenvalue weighted by Gasteiger charge is 2.44. The molecular weight excluding hydrogens is 499 g/mol. The number of fused-ring (bicyclic) bond motifs is 1. The second kappa shape index (κ2) is 8.20. The van der Waals surface area contributed by atoms with Gasteiger partial charge in [-0.2, -0.15) is 22.6 Å². The molecule has 0 saturated heterocycles. The summed E-state index contributed by atoms with van der Waals surface area (Å²) in [7, 11) is -4.42. The van der Waals surface area contributed by atoms with Gasteiger partial charge in [0.25, 0.3) is 15.9 Å². The number of alkyl halides is 3. The van der Waals surface area contributed by atoms with Crippen LogP contribution in [0.5, 0.6) is 11.6 Å². The highest BCUT2D eigenvalue weighted by atomic mass is 35.5. The van der Waals surface area contributed by atoms with Gasteiger partial charge in [0.15, 0.2) is 12.4 Å². The van der Waals surface area contributed by atoms with Gasteiger partial charge in [-0.15, -0.1) is 0 Å². The molecule has 0 fully saturated rings. The van der Waals surface area contributed by atoms with Crippen molar-refractivity contribution in [3.8, 4) is 17.3 Å². The van der Waals surface area contributed by atoms with Crippen molar-refractivity contribution in [2.24, 2.45) is 0 Å². The number of hydrogen-bond donors (Lipinski definition) is 1. The van der Waals surface area contributed by atoms with Crippen molar-refractivity contribution in [3.63, 3.8) is 0 Å². The van der Waals surface area contributed by atoms with Crippen LogP contribution in [0, 0.1) is 0 Å². The van der Waals surface area contributed by atoms with Gasteiger partial charge in [-0.05, 0) is 41.8 Å². The van der Waals surface area contributed by atoms with Crippen LogP contribution in [0.1, 0.15) is 41.4 Å². The molecule has 2 aromatic carbocycles. The minimum absolute atomic E-state index is 0.112. The van der Waals surface area contributed by atoms with Crippen molar-refractivity contribution in [2.75, 3.05) is 6.73 Å². The van der Waals surface area contributed by atoms with Crippen molar-refractivity contribution in [2.45, 2.75) is 30.8 Å². The van der Waals surface area contributed by atoms with Gasteiger partial charge in [-0.3, -0.25) is 4.79 Å². The van der Waals surface area contributed by atoms with Gasteiger partial charge < -0.3 is 9.84 Å². The number of phenols is 1. The number of phenolic OH excluding ortho intramolecular Hbond substituents is 1. The average molecular weight is 516 g/mol. The number of aromatic hydroxyl groups is 1. The van der Waals surface area contributed by atoms with Crippen LogP contribution in [0.4, 0.5) is 13.2 Å². The Kier molecular flexibility index (Phi) is 5.76. The number of amides is 1. The largest absolute Gasteiger partial charge is 0.508 e. The van der Waals surface area contributed by atoms with Gasteiger partial charge in [0.05, 0.1) is 11.3 Å². The second-order valence-electron chi connectivity index (χ2n) is 7.75. The lowest BCUT2D eigenvalue weighted by Crippen LogP contribution is -2.34. The molecule has 1 aliphatic heterocycles. The summed E-state index contributed by atoms with van der Waals surface area (Å²) in [4.78, 5) is 12.6. The molecule has 34 heavy (non-hydrogen) atoms. The number of sulfonamides is 1. The Hall–Kier alpha value is -3.25. The Morgan fingerprint density at radius 1 is 1.15 bits per heavy atom. The summed E-state index contributed by atoms with van der Waals surface area (Å²) in [6.45, 7) is 2.53. The van der Waals surface area contributed by atoms with E-state index in [0.29, 0.717) is 21.0 Å². The number of rotatable bonds is 5. The third kappa shape index (κ3) is 4.07. The van der Waals surface area contributed by atoms with E-state index >= 15 is 0 Å². The van der Waals surface area contributed by atoms with E-state index in [9.17, 15) is 31.5 Å². The SMILES string of the molecule is CC(C)c1cc(O)cc2c1C(=O)N(COc1cc(C(F)(F)F)nn1-c1ccc(Cl)cc1)S2(=O)=O. The van der Waals surface area contributed by atoms with Gasteiger partial charge in [0.2, 0.25) is 5.88 Å². The van der Waals surface area contributed by atoms with E-state index < -0.39 is 45.3 Å². The van der Waals surface area contributed by atoms with Gasteiger partial charge in [0.1, 0.15) is 10.6 Å². The third-order valence-electron chi connectivity index (χ3n) is 5.12. The fourth-order valence-corrected chi connectivity index (χ4v) is 5.08. The van der Waals surface area contributed by atoms with E-state index in [1.165, 1.54) is 30.3 Å². The summed E-state index contributed by atoms with van der Waals surface area (Å²) < 4.78 is 72.5. The molecule has 0 bridgehead atoms. The van der Waals surface area contributed by atoms with Crippen LogP contribution in [0.3, 0.4) is 0 Å². The van der Waals surface area contributed by atoms with Crippen LogP contribution in [0.15, 0.2) is 47.4 Å². The van der Waals surface area contributed by atoms with E-state index in [1.807, 2.05) is 0 Å². The maximum absolute atomic E-state index is 13.3. The van der Waals surface area contributed by atoms with Gasteiger partial charge >= 0.3 is 6.18 Å². The number of nitrogens with zero attached hydrogens (tertiary/aromatic N) is 3. The van der Waals surface area contributed by atoms with E-state index in [0.717, 1.165) is 10.7 Å². The van der Waals surface area contributed by atoms with E-state index in [4.69, 9.17) is 16.3 Å². The predicted octanol–water partition coefficient (Wildman–Crippen LogP) is 4.55. The van der Waals surface area contributed by atoms with Crippen molar-refractivity contribution in [3.05, 3.63) is 64.3 Å². The molecule has 0 atom stereocenters. The van der Waals surface area contributed by atoms with Gasteiger partial charge in [0, 0.05) is 17.2 Å². The summed E-state index contributed by atoms with van der Waals surface area (Å²) >= 11 is 5.83. The first-order valence-electron chi connectivity index (χ1n) is 9.80. The fourth-order valence-electron chi connectivity index (χ4n) is 3.49. The summed E-state index contributed by atoms with van der Waals surface area (Å²) in [6, 6.07) is 8.50. The Balaban J connectivity index is 1.71. The van der Waals surface area contributed by atoms with Crippen LogP contribution in [0.25, 0.3) is 5.69 Å². The van der Waals surface area contributed by atoms with Crippen LogP contribution in [0.2, 0.25) is 5.02 Å². The summed E-state index contributed by atoms with van der Waals surface area (Å²) in [5.74, 6) is -1.98. The first-order chi connectivity index (χ1) is 15.8. The van der Waals surface area contributed by atoms with Crippen LogP contribution in [-0.4, -0.2) is 40.2 Å². The first-order valence-corrected chi connectivity index (χ1v) is 11.6. The Morgan fingerprint density at radius 2 is 1.79 bits per heavy atom. The quantitative estimate of drug-likeness (QED) is 0.535. The summed E-state index contributed by atoms with van der Waals surface area (Å²) in [5.41, 5.74) is -0.903. The minimum Gasteiger partial charge on any atom is -0.508 e. The zero-order valence-electron chi connectivity index (χ0n) is 17.7. The molecule has 8 nitrogen and oxygen atoms in total.